The summed E-state index contributed by atoms with van der Waals surface area (Å²) in [6.45, 7) is 11.8. The summed E-state index contributed by atoms with van der Waals surface area (Å²) in [4.78, 5) is 2.76. The first-order valence-electron chi connectivity index (χ1n) is 7.69. The maximum Gasteiger partial charge on any atom is 0.0249 e. The van der Waals surface area contributed by atoms with Gasteiger partial charge >= 0.3 is 0 Å². The largest absolute Gasteiger partial charge is 0.313 e. The molecule has 0 aromatic carbocycles. The van der Waals surface area contributed by atoms with Crippen LogP contribution in [0.25, 0.3) is 0 Å². The molecule has 0 aromatic rings. The number of hydrogen-bond acceptors (Lipinski definition) is 2. The lowest BCUT2D eigenvalue weighted by atomic mass is 9.93. The Bertz CT molecular complexity index is 193. The van der Waals surface area contributed by atoms with Crippen LogP contribution in [0, 0.1) is 0 Å². The maximum atomic E-state index is 3.69. The van der Waals surface area contributed by atoms with Gasteiger partial charge in [-0.25, -0.2) is 0 Å². The van der Waals surface area contributed by atoms with E-state index in [1.54, 1.807) is 0 Å². The molecule has 1 saturated heterocycles. The van der Waals surface area contributed by atoms with Crippen LogP contribution in [0.3, 0.4) is 0 Å². The van der Waals surface area contributed by atoms with E-state index in [1.807, 2.05) is 0 Å². The van der Waals surface area contributed by atoms with Crippen LogP contribution in [0.2, 0.25) is 0 Å². The predicted molar refractivity (Wildman–Crippen MR) is 76.5 cm³/mol. The second-order valence-corrected chi connectivity index (χ2v) is 5.68. The summed E-state index contributed by atoms with van der Waals surface area (Å²) in [6, 6.07) is 2.17. The Balaban J connectivity index is 2.52. The van der Waals surface area contributed by atoms with E-state index in [2.05, 4.69) is 37.9 Å². The molecular weight excluding hydrogens is 208 g/mol. The Morgan fingerprint density at radius 1 is 1.18 bits per heavy atom. The third-order valence-corrected chi connectivity index (χ3v) is 4.16. The van der Waals surface area contributed by atoms with Crippen LogP contribution in [0.5, 0.6) is 0 Å². The predicted octanol–water partition coefficient (Wildman–Crippen LogP) is 3.42. The van der Waals surface area contributed by atoms with Gasteiger partial charge in [-0.1, -0.05) is 26.7 Å². The number of nitrogens with zero attached hydrogens (tertiary/aromatic N) is 1. The molecule has 3 unspecified atom stereocenters. The molecule has 0 radical (unpaired) electrons. The van der Waals surface area contributed by atoms with Gasteiger partial charge in [-0.15, -0.1) is 0 Å². The highest BCUT2D eigenvalue weighted by molar-refractivity contribution is 4.87. The number of likely N-dealkylation sites (tertiary alicyclic amines) is 1. The Morgan fingerprint density at radius 2 is 1.94 bits per heavy atom. The summed E-state index contributed by atoms with van der Waals surface area (Å²) < 4.78 is 0. The molecule has 0 spiro atoms. The molecule has 0 saturated carbocycles. The zero-order chi connectivity index (χ0) is 12.7. The van der Waals surface area contributed by atoms with Gasteiger partial charge in [0.15, 0.2) is 0 Å². The van der Waals surface area contributed by atoms with E-state index in [0.29, 0.717) is 6.04 Å². The minimum absolute atomic E-state index is 0.648. The second kappa shape index (κ2) is 8.10. The normalized spacial score (nSPS) is 25.8. The maximum absolute atomic E-state index is 3.69. The van der Waals surface area contributed by atoms with Gasteiger partial charge in [0.2, 0.25) is 0 Å². The third kappa shape index (κ3) is 4.59. The molecule has 1 fully saturated rings. The van der Waals surface area contributed by atoms with Crippen molar-refractivity contribution in [1.29, 1.82) is 0 Å². The Morgan fingerprint density at radius 3 is 2.59 bits per heavy atom. The molecule has 1 aliphatic heterocycles. The standard InChI is InChI=1S/C15H32N2/c1-5-9-13(3)17-12-8-7-10-15(17)14(4)16-11-6-2/h13-16H,5-12H2,1-4H3. The lowest BCUT2D eigenvalue weighted by Gasteiger charge is -2.43. The highest BCUT2D eigenvalue weighted by atomic mass is 15.2. The Kier molecular flexibility index (Phi) is 7.14. The summed E-state index contributed by atoms with van der Waals surface area (Å²) >= 11 is 0. The number of piperidine rings is 1. The summed E-state index contributed by atoms with van der Waals surface area (Å²) in [7, 11) is 0. The van der Waals surface area contributed by atoms with Gasteiger partial charge in [-0.05, 0) is 52.6 Å². The minimum Gasteiger partial charge on any atom is -0.313 e. The van der Waals surface area contributed by atoms with E-state index >= 15 is 0 Å². The van der Waals surface area contributed by atoms with Crippen molar-refractivity contribution in [3.63, 3.8) is 0 Å². The fraction of sp³-hybridized carbons (Fsp3) is 1.00. The molecule has 1 rings (SSSR count). The van der Waals surface area contributed by atoms with E-state index < -0.39 is 0 Å². The van der Waals surface area contributed by atoms with E-state index in [0.717, 1.165) is 18.6 Å². The quantitative estimate of drug-likeness (QED) is 0.733. The van der Waals surface area contributed by atoms with Crippen LogP contribution in [0.15, 0.2) is 0 Å². The first-order valence-corrected chi connectivity index (χ1v) is 7.69. The molecule has 0 amide bonds. The average Bonchev–Trinajstić information content (AvgIpc) is 2.36. The van der Waals surface area contributed by atoms with Gasteiger partial charge in [0, 0.05) is 18.1 Å². The molecule has 2 heteroatoms. The van der Waals surface area contributed by atoms with Gasteiger partial charge in [0.1, 0.15) is 0 Å². The van der Waals surface area contributed by atoms with Gasteiger partial charge < -0.3 is 5.32 Å². The summed E-state index contributed by atoms with van der Waals surface area (Å²) in [5.74, 6) is 0. The van der Waals surface area contributed by atoms with E-state index in [9.17, 15) is 0 Å². The summed E-state index contributed by atoms with van der Waals surface area (Å²) in [5, 5.41) is 3.69. The molecular formula is C15H32N2. The van der Waals surface area contributed by atoms with Crippen molar-refractivity contribution in [2.45, 2.75) is 84.3 Å². The van der Waals surface area contributed by atoms with E-state index in [1.165, 1.54) is 45.1 Å². The Hall–Kier alpha value is -0.0800. The fourth-order valence-corrected chi connectivity index (χ4v) is 3.16. The van der Waals surface area contributed by atoms with Gasteiger partial charge in [-0.3, -0.25) is 4.90 Å². The van der Waals surface area contributed by atoms with Crippen LogP contribution in [0.1, 0.15) is 66.2 Å². The molecule has 1 heterocycles. The first-order chi connectivity index (χ1) is 8.20. The van der Waals surface area contributed by atoms with E-state index in [-0.39, 0.29) is 0 Å². The summed E-state index contributed by atoms with van der Waals surface area (Å²) in [6.07, 6.45) is 8.08. The second-order valence-electron chi connectivity index (χ2n) is 5.68. The lowest BCUT2D eigenvalue weighted by molar-refractivity contribution is 0.0759. The third-order valence-electron chi connectivity index (χ3n) is 4.16. The zero-order valence-corrected chi connectivity index (χ0v) is 12.3. The van der Waals surface area contributed by atoms with Crippen molar-refractivity contribution in [3.8, 4) is 0 Å². The molecule has 1 aliphatic rings. The molecule has 1 N–H and O–H groups in total. The van der Waals surface area contributed by atoms with Crippen LogP contribution >= 0.6 is 0 Å². The molecule has 3 atom stereocenters. The molecule has 17 heavy (non-hydrogen) atoms. The zero-order valence-electron chi connectivity index (χ0n) is 12.3. The molecule has 102 valence electrons. The van der Waals surface area contributed by atoms with Crippen LogP contribution in [-0.2, 0) is 0 Å². The van der Waals surface area contributed by atoms with Crippen LogP contribution < -0.4 is 5.32 Å². The molecule has 2 nitrogen and oxygen atoms in total. The van der Waals surface area contributed by atoms with Crippen molar-refractivity contribution in [1.82, 2.24) is 10.2 Å². The smallest absolute Gasteiger partial charge is 0.0249 e. The van der Waals surface area contributed by atoms with Crippen molar-refractivity contribution >= 4 is 0 Å². The van der Waals surface area contributed by atoms with Crippen LogP contribution in [-0.4, -0.2) is 36.1 Å². The molecule has 0 bridgehead atoms. The van der Waals surface area contributed by atoms with Crippen molar-refractivity contribution < 1.29 is 0 Å². The van der Waals surface area contributed by atoms with Crippen molar-refractivity contribution in [2.24, 2.45) is 0 Å². The van der Waals surface area contributed by atoms with Gasteiger partial charge in [0.25, 0.3) is 0 Å². The summed E-state index contributed by atoms with van der Waals surface area (Å²) in [5.41, 5.74) is 0. The topological polar surface area (TPSA) is 15.3 Å². The van der Waals surface area contributed by atoms with Gasteiger partial charge in [0.05, 0.1) is 0 Å². The minimum atomic E-state index is 0.648. The Labute approximate surface area is 108 Å². The molecule has 0 aromatic heterocycles. The monoisotopic (exact) mass is 240 g/mol. The average molecular weight is 240 g/mol. The van der Waals surface area contributed by atoms with E-state index in [4.69, 9.17) is 0 Å². The van der Waals surface area contributed by atoms with Crippen molar-refractivity contribution in [2.75, 3.05) is 13.1 Å². The fourth-order valence-electron chi connectivity index (χ4n) is 3.16. The first kappa shape index (κ1) is 15.0. The number of rotatable bonds is 7. The van der Waals surface area contributed by atoms with Crippen LogP contribution in [0.4, 0.5) is 0 Å². The van der Waals surface area contributed by atoms with Crippen molar-refractivity contribution in [3.05, 3.63) is 0 Å². The van der Waals surface area contributed by atoms with Gasteiger partial charge in [-0.2, -0.15) is 0 Å². The highest BCUT2D eigenvalue weighted by Gasteiger charge is 2.29. The number of nitrogens with one attached hydrogen (secondary N) is 1. The highest BCUT2D eigenvalue weighted by Crippen LogP contribution is 2.23. The molecule has 0 aliphatic carbocycles. The number of hydrogen-bond donors (Lipinski definition) is 1. The lowest BCUT2D eigenvalue weighted by Crippen LogP contribution is -2.54. The SMILES string of the molecule is CCCNC(C)C1CCCCN1C(C)CCC.